The van der Waals surface area contributed by atoms with Crippen molar-refractivity contribution in [2.45, 2.75) is 37.8 Å². The molecule has 1 aliphatic rings. The predicted octanol–water partition coefficient (Wildman–Crippen LogP) is 3.17. The highest BCUT2D eigenvalue weighted by atomic mass is 127. The highest BCUT2D eigenvalue weighted by Crippen LogP contribution is 2.29. The molecule has 6 nitrogen and oxygen atoms in total. The Morgan fingerprint density at radius 3 is 2.95 bits per heavy atom. The van der Waals surface area contributed by atoms with Crippen LogP contribution < -0.4 is 11.1 Å². The molecule has 3 N–H and O–H groups in total. The maximum Gasteiger partial charge on any atom is 0.404 e. The molecule has 9 heteroatoms. The Bertz CT molecular complexity index is 637. The molecule has 22 heavy (non-hydrogen) atoms. The maximum atomic E-state index is 14.2. The Morgan fingerprint density at radius 2 is 2.32 bits per heavy atom. The van der Waals surface area contributed by atoms with Gasteiger partial charge in [0.2, 0.25) is 0 Å². The monoisotopic (exact) mass is 438 g/mol. The summed E-state index contributed by atoms with van der Waals surface area (Å²) in [5.41, 5.74) is 5.03. The first-order chi connectivity index (χ1) is 10.4. The zero-order valence-electron chi connectivity index (χ0n) is 11.4. The Hall–Kier alpha value is -1.34. The van der Waals surface area contributed by atoms with Gasteiger partial charge in [-0.3, -0.25) is 0 Å². The van der Waals surface area contributed by atoms with Crippen LogP contribution in [0.2, 0.25) is 5.15 Å². The zero-order chi connectivity index (χ0) is 16.3. The number of carbonyl (C=O) groups is 1. The number of nitrogens with one attached hydrogen (secondary N) is 1. The van der Waals surface area contributed by atoms with Crippen LogP contribution in [0, 0.1) is 20.7 Å². The van der Waals surface area contributed by atoms with Gasteiger partial charge in [0.1, 0.15) is 17.7 Å². The topological polar surface area (TPSA) is 101 Å². The normalized spacial score (nSPS) is 21.0. The molecule has 118 valence electrons. The predicted molar refractivity (Wildman–Crippen MR) is 87.0 cm³/mol. The molecule has 2 unspecified atom stereocenters. The van der Waals surface area contributed by atoms with Crippen LogP contribution in [-0.4, -0.2) is 23.2 Å². The van der Waals surface area contributed by atoms with Crippen LogP contribution in [-0.2, 0) is 4.74 Å². The van der Waals surface area contributed by atoms with Crippen molar-refractivity contribution in [1.82, 2.24) is 4.98 Å². The average Bonchev–Trinajstić information content (AvgIpc) is 2.45. The van der Waals surface area contributed by atoms with Gasteiger partial charge in [0.15, 0.2) is 16.8 Å². The fraction of sp³-hybridized carbons (Fsp3) is 0.462. The molecule has 1 aliphatic carbocycles. The summed E-state index contributed by atoms with van der Waals surface area (Å²) in [5.74, 6) is -0.613. The lowest BCUT2D eigenvalue weighted by Gasteiger charge is -2.29. The van der Waals surface area contributed by atoms with Crippen molar-refractivity contribution in [3.63, 3.8) is 0 Å². The fourth-order valence-corrected chi connectivity index (χ4v) is 3.45. The number of rotatable bonds is 3. The summed E-state index contributed by atoms with van der Waals surface area (Å²) >= 11 is 7.61. The van der Waals surface area contributed by atoms with Crippen molar-refractivity contribution >= 4 is 46.1 Å². The number of halogens is 3. The molecule has 1 aromatic rings. The Labute approximate surface area is 145 Å². The SMILES string of the molecule is N#Cc1c(Cl)nc(NC2CCCC(OC(N)=O)C2)c(F)c1I. The van der Waals surface area contributed by atoms with E-state index in [4.69, 9.17) is 27.3 Å². The molecule has 1 amide bonds. The van der Waals surface area contributed by atoms with E-state index in [9.17, 15) is 9.18 Å². The first-order valence-corrected chi connectivity index (χ1v) is 8.05. The van der Waals surface area contributed by atoms with Gasteiger partial charge < -0.3 is 15.8 Å². The number of aromatic nitrogens is 1. The van der Waals surface area contributed by atoms with E-state index in [1.165, 1.54) is 0 Å². The summed E-state index contributed by atoms with van der Waals surface area (Å²) in [6, 6.07) is 1.71. The third-order valence-corrected chi connectivity index (χ3v) is 4.68. The van der Waals surface area contributed by atoms with Gasteiger partial charge in [-0.1, -0.05) is 11.6 Å². The molecule has 0 saturated heterocycles. The van der Waals surface area contributed by atoms with E-state index in [1.807, 2.05) is 6.07 Å². The molecule has 1 aromatic heterocycles. The number of primary amides is 1. The second-order valence-corrected chi connectivity index (χ2v) is 6.37. The van der Waals surface area contributed by atoms with E-state index in [2.05, 4.69) is 10.3 Å². The van der Waals surface area contributed by atoms with Gasteiger partial charge in [-0.15, -0.1) is 0 Å². The minimum absolute atomic E-state index is 0.00174. The lowest BCUT2D eigenvalue weighted by Crippen LogP contribution is -2.34. The third-order valence-electron chi connectivity index (χ3n) is 3.40. The van der Waals surface area contributed by atoms with Gasteiger partial charge in [-0.2, -0.15) is 5.26 Å². The summed E-state index contributed by atoms with van der Waals surface area (Å²) < 4.78 is 19.4. The lowest BCUT2D eigenvalue weighted by molar-refractivity contribution is 0.0796. The summed E-state index contributed by atoms with van der Waals surface area (Å²) in [7, 11) is 0. The number of nitrogens with zero attached hydrogens (tertiary/aromatic N) is 2. The number of amides is 1. The molecule has 0 aliphatic heterocycles. The zero-order valence-corrected chi connectivity index (χ0v) is 14.3. The molecule has 0 aromatic carbocycles. The van der Waals surface area contributed by atoms with E-state index in [-0.39, 0.29) is 32.3 Å². The van der Waals surface area contributed by atoms with Crippen molar-refractivity contribution in [2.24, 2.45) is 5.73 Å². The largest absolute Gasteiger partial charge is 0.446 e. The Morgan fingerprint density at radius 1 is 1.59 bits per heavy atom. The van der Waals surface area contributed by atoms with Crippen LogP contribution >= 0.6 is 34.2 Å². The first-order valence-electron chi connectivity index (χ1n) is 6.59. The van der Waals surface area contributed by atoms with Crippen molar-refractivity contribution in [2.75, 3.05) is 5.32 Å². The smallest absolute Gasteiger partial charge is 0.404 e. The second-order valence-electron chi connectivity index (χ2n) is 4.93. The van der Waals surface area contributed by atoms with Crippen molar-refractivity contribution < 1.29 is 13.9 Å². The standard InChI is InChI=1S/C13H13ClFIN4O2/c14-11-8(5-17)10(16)9(15)12(20-11)19-6-2-1-3-7(4-6)22-13(18)21/h6-7H,1-4H2,(H2,18,21)(H,19,20). The molecule has 0 spiro atoms. The third kappa shape index (κ3) is 3.89. The number of hydrogen-bond donors (Lipinski definition) is 2. The number of carbonyl (C=O) groups excluding carboxylic acids is 1. The van der Waals surface area contributed by atoms with E-state index in [1.54, 1.807) is 22.6 Å². The van der Waals surface area contributed by atoms with Gasteiger partial charge in [-0.25, -0.2) is 14.2 Å². The Kier molecular flexibility index (Phi) is 5.63. The summed E-state index contributed by atoms with van der Waals surface area (Å²) in [6.45, 7) is 0. The number of nitrogens with two attached hydrogens (primary N) is 1. The quantitative estimate of drug-likeness (QED) is 0.558. The number of pyridine rings is 1. The number of hydrogen-bond acceptors (Lipinski definition) is 5. The van der Waals surface area contributed by atoms with Gasteiger partial charge in [0.25, 0.3) is 0 Å². The molecule has 0 radical (unpaired) electrons. The summed E-state index contributed by atoms with van der Waals surface area (Å²) in [6.07, 6.45) is 1.73. The van der Waals surface area contributed by atoms with Crippen LogP contribution in [0.1, 0.15) is 31.2 Å². The molecule has 2 rings (SSSR count). The molecule has 1 heterocycles. The second kappa shape index (κ2) is 7.28. The summed E-state index contributed by atoms with van der Waals surface area (Å²) in [4.78, 5) is 14.7. The fourth-order valence-electron chi connectivity index (χ4n) is 2.44. The van der Waals surface area contributed by atoms with E-state index < -0.39 is 11.9 Å². The minimum atomic E-state index is -0.814. The van der Waals surface area contributed by atoms with Crippen LogP contribution in [0.25, 0.3) is 0 Å². The summed E-state index contributed by atoms with van der Waals surface area (Å²) in [5, 5.41) is 11.9. The molecule has 1 saturated carbocycles. The van der Waals surface area contributed by atoms with Gasteiger partial charge in [0.05, 0.1) is 3.57 Å². The van der Waals surface area contributed by atoms with Crippen LogP contribution in [0.3, 0.4) is 0 Å². The maximum absolute atomic E-state index is 14.2. The highest BCUT2D eigenvalue weighted by Gasteiger charge is 2.26. The first kappa shape index (κ1) is 17.0. The molecule has 2 atom stereocenters. The van der Waals surface area contributed by atoms with Gasteiger partial charge >= 0.3 is 6.09 Å². The minimum Gasteiger partial charge on any atom is -0.446 e. The van der Waals surface area contributed by atoms with Gasteiger partial charge in [-0.05, 0) is 41.9 Å². The number of anilines is 1. The van der Waals surface area contributed by atoms with E-state index in [0.717, 1.165) is 19.3 Å². The molecule has 1 fully saturated rings. The molecular weight excluding hydrogens is 426 g/mol. The number of ether oxygens (including phenoxy) is 1. The number of nitriles is 1. The Balaban J connectivity index is 2.14. The van der Waals surface area contributed by atoms with E-state index >= 15 is 0 Å². The van der Waals surface area contributed by atoms with Crippen LogP contribution in [0.4, 0.5) is 15.0 Å². The van der Waals surface area contributed by atoms with Crippen molar-refractivity contribution in [1.29, 1.82) is 5.26 Å². The van der Waals surface area contributed by atoms with Crippen molar-refractivity contribution in [3.05, 3.63) is 20.1 Å². The van der Waals surface area contributed by atoms with E-state index in [0.29, 0.717) is 6.42 Å². The highest BCUT2D eigenvalue weighted by molar-refractivity contribution is 14.1. The van der Waals surface area contributed by atoms with Crippen LogP contribution in [0.15, 0.2) is 0 Å². The van der Waals surface area contributed by atoms with Crippen molar-refractivity contribution in [3.8, 4) is 6.07 Å². The molecular formula is C13H13ClFIN4O2. The average molecular weight is 439 g/mol. The lowest BCUT2D eigenvalue weighted by atomic mass is 9.93. The van der Waals surface area contributed by atoms with Gasteiger partial charge in [0, 0.05) is 12.5 Å². The molecule has 0 bridgehead atoms. The van der Waals surface area contributed by atoms with Crippen LogP contribution in [0.5, 0.6) is 0 Å².